The average Bonchev–Trinajstić information content (AvgIpc) is 2.59. The van der Waals surface area contributed by atoms with E-state index >= 15 is 0 Å². The van der Waals surface area contributed by atoms with Gasteiger partial charge in [0.25, 0.3) is 0 Å². The van der Waals surface area contributed by atoms with Gasteiger partial charge in [-0.1, -0.05) is 30.3 Å². The van der Waals surface area contributed by atoms with Crippen LogP contribution in [0.2, 0.25) is 0 Å². The predicted molar refractivity (Wildman–Crippen MR) is 90.2 cm³/mol. The van der Waals surface area contributed by atoms with E-state index in [2.05, 4.69) is 15.3 Å². The number of halogens is 2. The van der Waals surface area contributed by atoms with Gasteiger partial charge in [-0.2, -0.15) is 0 Å². The van der Waals surface area contributed by atoms with Crippen molar-refractivity contribution < 1.29 is 8.78 Å². The molecule has 1 heterocycles. The third-order valence-corrected chi connectivity index (χ3v) is 3.50. The molecule has 122 valence electrons. The van der Waals surface area contributed by atoms with Crippen LogP contribution in [-0.4, -0.2) is 17.0 Å². The minimum Gasteiger partial charge on any atom is -0.355 e. The number of hydrogen-bond acceptors (Lipinski definition) is 4. The smallest absolute Gasteiger partial charge is 0.160 e. The molecule has 1 aromatic heterocycles. The summed E-state index contributed by atoms with van der Waals surface area (Å²) in [6, 6.07) is 15.4. The molecule has 0 aliphatic carbocycles. The van der Waals surface area contributed by atoms with E-state index in [-0.39, 0.29) is 0 Å². The second-order valence-electron chi connectivity index (χ2n) is 5.36. The number of nitrogens with zero attached hydrogens (tertiary/aromatic N) is 3. The standard InChI is InChI=1S/C18H16F2N4/c1-24(11-13-5-3-2-4-6-13)18-10-17(21-12-22-18)23-14-7-8-15(19)16(20)9-14/h2-10,12H,11H2,1H3,(H,21,22,23). The minimum atomic E-state index is -0.907. The van der Waals surface area contributed by atoms with Crippen LogP contribution in [0, 0.1) is 11.6 Å². The van der Waals surface area contributed by atoms with Crippen molar-refractivity contribution in [3.05, 3.63) is 78.1 Å². The highest BCUT2D eigenvalue weighted by atomic mass is 19.2. The van der Waals surface area contributed by atoms with Crippen molar-refractivity contribution >= 4 is 17.3 Å². The second-order valence-corrected chi connectivity index (χ2v) is 5.36. The Morgan fingerprint density at radius 2 is 1.75 bits per heavy atom. The molecule has 0 unspecified atom stereocenters. The molecule has 0 radical (unpaired) electrons. The normalized spacial score (nSPS) is 10.5. The Hall–Kier alpha value is -3.02. The molecule has 6 heteroatoms. The summed E-state index contributed by atoms with van der Waals surface area (Å²) in [5.41, 5.74) is 1.58. The molecule has 0 amide bonds. The highest BCUT2D eigenvalue weighted by molar-refractivity contribution is 5.59. The van der Waals surface area contributed by atoms with Crippen LogP contribution in [0.4, 0.5) is 26.1 Å². The minimum absolute atomic E-state index is 0.421. The van der Waals surface area contributed by atoms with Gasteiger partial charge in [0.15, 0.2) is 11.6 Å². The molecule has 4 nitrogen and oxygen atoms in total. The first-order chi connectivity index (χ1) is 11.6. The lowest BCUT2D eigenvalue weighted by Gasteiger charge is -2.18. The maximum Gasteiger partial charge on any atom is 0.160 e. The lowest BCUT2D eigenvalue weighted by molar-refractivity contribution is 0.509. The van der Waals surface area contributed by atoms with Gasteiger partial charge in [-0.15, -0.1) is 0 Å². The molecular weight excluding hydrogens is 310 g/mol. The number of nitrogens with one attached hydrogen (secondary N) is 1. The first-order valence-corrected chi connectivity index (χ1v) is 7.41. The highest BCUT2D eigenvalue weighted by Crippen LogP contribution is 2.20. The van der Waals surface area contributed by atoms with Crippen molar-refractivity contribution in [3.8, 4) is 0 Å². The topological polar surface area (TPSA) is 41.0 Å². The third-order valence-electron chi connectivity index (χ3n) is 3.50. The van der Waals surface area contributed by atoms with Gasteiger partial charge < -0.3 is 10.2 Å². The molecular formula is C18H16F2N4. The van der Waals surface area contributed by atoms with Crippen molar-refractivity contribution in [1.29, 1.82) is 0 Å². The molecule has 0 saturated carbocycles. The molecule has 24 heavy (non-hydrogen) atoms. The molecule has 0 aliphatic heterocycles. The van der Waals surface area contributed by atoms with E-state index in [1.807, 2.05) is 42.3 Å². The number of aromatic nitrogens is 2. The van der Waals surface area contributed by atoms with Crippen LogP contribution in [0.1, 0.15) is 5.56 Å². The zero-order valence-corrected chi connectivity index (χ0v) is 13.1. The Kier molecular flexibility index (Phi) is 4.65. The van der Waals surface area contributed by atoms with E-state index < -0.39 is 11.6 Å². The summed E-state index contributed by atoms with van der Waals surface area (Å²) in [5.74, 6) is -0.563. The van der Waals surface area contributed by atoms with Crippen LogP contribution in [0.25, 0.3) is 0 Å². The summed E-state index contributed by atoms with van der Waals surface area (Å²) in [4.78, 5) is 10.3. The molecule has 0 bridgehead atoms. The average molecular weight is 326 g/mol. The van der Waals surface area contributed by atoms with Crippen LogP contribution in [0.5, 0.6) is 0 Å². The van der Waals surface area contributed by atoms with Gasteiger partial charge in [0.05, 0.1) is 0 Å². The molecule has 2 aromatic carbocycles. The molecule has 3 rings (SSSR count). The van der Waals surface area contributed by atoms with E-state index in [0.29, 0.717) is 18.1 Å². The number of benzene rings is 2. The van der Waals surface area contributed by atoms with Gasteiger partial charge in [0.1, 0.15) is 18.0 Å². The Morgan fingerprint density at radius 1 is 0.958 bits per heavy atom. The third kappa shape index (κ3) is 3.84. The van der Waals surface area contributed by atoms with Crippen molar-refractivity contribution in [2.45, 2.75) is 6.54 Å². The van der Waals surface area contributed by atoms with Crippen LogP contribution in [0.3, 0.4) is 0 Å². The zero-order valence-electron chi connectivity index (χ0n) is 13.1. The van der Waals surface area contributed by atoms with Crippen molar-refractivity contribution in [3.63, 3.8) is 0 Å². The number of anilines is 3. The van der Waals surface area contributed by atoms with Crippen molar-refractivity contribution in [2.24, 2.45) is 0 Å². The summed E-state index contributed by atoms with van der Waals surface area (Å²) >= 11 is 0. The molecule has 0 aliphatic rings. The van der Waals surface area contributed by atoms with Gasteiger partial charge in [0, 0.05) is 31.4 Å². The van der Waals surface area contributed by atoms with Gasteiger partial charge in [0.2, 0.25) is 0 Å². The Bertz CT molecular complexity index is 824. The maximum atomic E-state index is 13.3. The van der Waals surface area contributed by atoms with Crippen LogP contribution in [0.15, 0.2) is 60.9 Å². The van der Waals surface area contributed by atoms with E-state index in [4.69, 9.17) is 0 Å². The molecule has 1 N–H and O–H groups in total. The summed E-state index contributed by atoms with van der Waals surface area (Å²) < 4.78 is 26.3. The first kappa shape index (κ1) is 15.9. The lowest BCUT2D eigenvalue weighted by atomic mass is 10.2. The largest absolute Gasteiger partial charge is 0.355 e. The Morgan fingerprint density at radius 3 is 2.50 bits per heavy atom. The fourth-order valence-corrected chi connectivity index (χ4v) is 2.28. The Labute approximate surface area is 138 Å². The van der Waals surface area contributed by atoms with E-state index in [1.54, 1.807) is 6.07 Å². The SMILES string of the molecule is CN(Cc1ccccc1)c1cc(Nc2ccc(F)c(F)c2)ncn1. The quantitative estimate of drug-likeness (QED) is 0.765. The van der Waals surface area contributed by atoms with E-state index in [0.717, 1.165) is 23.5 Å². The van der Waals surface area contributed by atoms with Crippen molar-refractivity contribution in [1.82, 2.24) is 9.97 Å². The molecule has 0 atom stereocenters. The predicted octanol–water partition coefficient (Wildman–Crippen LogP) is 4.13. The fourth-order valence-electron chi connectivity index (χ4n) is 2.28. The summed E-state index contributed by atoms with van der Waals surface area (Å²) in [6.07, 6.45) is 1.43. The van der Waals surface area contributed by atoms with E-state index in [1.165, 1.54) is 12.4 Å². The molecule has 0 fully saturated rings. The first-order valence-electron chi connectivity index (χ1n) is 7.41. The monoisotopic (exact) mass is 326 g/mol. The molecule has 0 saturated heterocycles. The zero-order chi connectivity index (χ0) is 16.9. The Balaban J connectivity index is 1.74. The van der Waals surface area contributed by atoms with Crippen LogP contribution < -0.4 is 10.2 Å². The maximum absolute atomic E-state index is 13.3. The number of hydrogen-bond donors (Lipinski definition) is 1. The van der Waals surface area contributed by atoms with Crippen LogP contribution >= 0.6 is 0 Å². The lowest BCUT2D eigenvalue weighted by Crippen LogP contribution is -2.17. The van der Waals surface area contributed by atoms with Gasteiger partial charge >= 0.3 is 0 Å². The molecule has 0 spiro atoms. The highest BCUT2D eigenvalue weighted by Gasteiger charge is 2.07. The summed E-state index contributed by atoms with van der Waals surface area (Å²) in [7, 11) is 1.93. The van der Waals surface area contributed by atoms with Gasteiger partial charge in [-0.3, -0.25) is 0 Å². The van der Waals surface area contributed by atoms with Gasteiger partial charge in [-0.05, 0) is 17.7 Å². The second kappa shape index (κ2) is 7.04. The summed E-state index contributed by atoms with van der Waals surface area (Å²) in [5, 5.41) is 2.95. The number of rotatable bonds is 5. The fraction of sp³-hybridized carbons (Fsp3) is 0.111. The summed E-state index contributed by atoms with van der Waals surface area (Å²) in [6.45, 7) is 0.697. The molecule has 3 aromatic rings. The van der Waals surface area contributed by atoms with Crippen molar-refractivity contribution in [2.75, 3.05) is 17.3 Å². The van der Waals surface area contributed by atoms with E-state index in [9.17, 15) is 8.78 Å². The van der Waals surface area contributed by atoms with Crippen LogP contribution in [-0.2, 0) is 6.54 Å². The van der Waals surface area contributed by atoms with Gasteiger partial charge in [-0.25, -0.2) is 18.7 Å².